The van der Waals surface area contributed by atoms with Crippen LogP contribution in [-0.4, -0.2) is 19.6 Å². The van der Waals surface area contributed by atoms with E-state index in [2.05, 4.69) is 26.0 Å². The Kier molecular flexibility index (Phi) is 4.57. The van der Waals surface area contributed by atoms with Crippen LogP contribution in [0, 0.1) is 0 Å². The molecule has 1 aromatic heterocycles. The molecule has 0 fully saturated rings. The van der Waals surface area contributed by atoms with E-state index in [4.69, 9.17) is 0 Å². The topological polar surface area (TPSA) is 38.3 Å². The van der Waals surface area contributed by atoms with Gasteiger partial charge in [-0.1, -0.05) is 0 Å². The van der Waals surface area contributed by atoms with Crippen molar-refractivity contribution in [2.45, 2.75) is 13.0 Å². The third kappa shape index (κ3) is 3.40. The summed E-state index contributed by atoms with van der Waals surface area (Å²) in [6.45, 7) is 2.26. The molecular formula is C9H12BrNO2S. The minimum atomic E-state index is -0.243. The number of esters is 1. The van der Waals surface area contributed by atoms with Crippen molar-refractivity contribution in [3.63, 3.8) is 0 Å². The predicted molar refractivity (Wildman–Crippen MR) is 60.5 cm³/mol. The highest BCUT2D eigenvalue weighted by atomic mass is 79.9. The zero-order chi connectivity index (χ0) is 10.6. The number of nitrogens with one attached hydrogen (secondary N) is 1. The van der Waals surface area contributed by atoms with E-state index in [9.17, 15) is 4.79 Å². The minimum Gasteiger partial charge on any atom is -0.468 e. The van der Waals surface area contributed by atoms with Gasteiger partial charge in [0.1, 0.15) is 0 Å². The van der Waals surface area contributed by atoms with E-state index in [0.717, 1.165) is 4.47 Å². The summed E-state index contributed by atoms with van der Waals surface area (Å²) in [5.74, 6) is -0.243. The maximum absolute atomic E-state index is 10.9. The Balaban J connectivity index is 2.42. The number of carbonyl (C=O) groups excluding carboxylic acids is 1. The van der Waals surface area contributed by atoms with Gasteiger partial charge in [0, 0.05) is 20.8 Å². The first-order valence-electron chi connectivity index (χ1n) is 4.17. The average Bonchev–Trinajstić information content (AvgIpc) is 2.60. The fourth-order valence-corrected chi connectivity index (χ4v) is 2.44. The molecule has 0 bridgehead atoms. The third-order valence-corrected chi connectivity index (χ3v) is 3.67. The van der Waals surface area contributed by atoms with Crippen molar-refractivity contribution in [2.24, 2.45) is 0 Å². The fourth-order valence-electron chi connectivity index (χ4n) is 0.965. The smallest absolute Gasteiger partial charge is 0.319 e. The van der Waals surface area contributed by atoms with Crippen LogP contribution in [0.25, 0.3) is 0 Å². The highest BCUT2D eigenvalue weighted by Gasteiger charge is 2.09. The number of carbonyl (C=O) groups is 1. The van der Waals surface area contributed by atoms with Crippen molar-refractivity contribution in [3.8, 4) is 0 Å². The van der Waals surface area contributed by atoms with Gasteiger partial charge in [0.25, 0.3) is 0 Å². The highest BCUT2D eigenvalue weighted by molar-refractivity contribution is 9.10. The lowest BCUT2D eigenvalue weighted by Crippen LogP contribution is -2.26. The molecule has 0 aromatic carbocycles. The molecule has 0 aliphatic rings. The lowest BCUT2D eigenvalue weighted by Gasteiger charge is -2.10. The van der Waals surface area contributed by atoms with Gasteiger partial charge in [-0.25, -0.2) is 0 Å². The second kappa shape index (κ2) is 5.48. The zero-order valence-corrected chi connectivity index (χ0v) is 10.4. The summed E-state index contributed by atoms with van der Waals surface area (Å²) in [5, 5.41) is 5.10. The molecular weight excluding hydrogens is 266 g/mol. The van der Waals surface area contributed by atoms with Crippen LogP contribution in [0.15, 0.2) is 15.9 Å². The summed E-state index contributed by atoms with van der Waals surface area (Å²) in [5.41, 5.74) is 0. The van der Waals surface area contributed by atoms with E-state index in [1.807, 2.05) is 18.4 Å². The molecule has 0 radical (unpaired) electrons. The average molecular weight is 278 g/mol. The van der Waals surface area contributed by atoms with E-state index < -0.39 is 0 Å². The number of ether oxygens (including phenoxy) is 1. The molecule has 0 saturated carbocycles. The van der Waals surface area contributed by atoms with Crippen molar-refractivity contribution >= 4 is 33.2 Å². The van der Waals surface area contributed by atoms with E-state index in [1.165, 1.54) is 12.0 Å². The standard InChI is InChI=1S/C9H12BrNO2S/c1-6(11-4-9(12)13-2)8-3-7(10)5-14-8/h3,5-6,11H,4H2,1-2H3. The number of hydrogen-bond donors (Lipinski definition) is 1. The Morgan fingerprint density at radius 1 is 1.79 bits per heavy atom. The first-order valence-corrected chi connectivity index (χ1v) is 5.85. The molecule has 0 amide bonds. The van der Waals surface area contributed by atoms with Crippen LogP contribution in [0.2, 0.25) is 0 Å². The van der Waals surface area contributed by atoms with Crippen LogP contribution >= 0.6 is 27.3 Å². The molecule has 0 aliphatic carbocycles. The third-order valence-electron chi connectivity index (χ3n) is 1.79. The van der Waals surface area contributed by atoms with Gasteiger partial charge in [0.05, 0.1) is 13.7 Å². The zero-order valence-electron chi connectivity index (χ0n) is 8.04. The molecule has 1 rings (SSSR count). The Labute approximate surface area is 95.6 Å². The van der Waals surface area contributed by atoms with Crippen molar-refractivity contribution < 1.29 is 9.53 Å². The summed E-state index contributed by atoms with van der Waals surface area (Å²) in [6.07, 6.45) is 0. The SMILES string of the molecule is COC(=O)CNC(C)c1cc(Br)cs1. The Morgan fingerprint density at radius 3 is 3.00 bits per heavy atom. The number of hydrogen-bond acceptors (Lipinski definition) is 4. The molecule has 1 unspecified atom stereocenters. The van der Waals surface area contributed by atoms with Gasteiger partial charge in [0.2, 0.25) is 0 Å². The summed E-state index contributed by atoms with van der Waals surface area (Å²) in [4.78, 5) is 12.1. The van der Waals surface area contributed by atoms with Crippen LogP contribution in [-0.2, 0) is 9.53 Å². The van der Waals surface area contributed by atoms with Crippen LogP contribution in [0.3, 0.4) is 0 Å². The van der Waals surface area contributed by atoms with Gasteiger partial charge in [0.15, 0.2) is 0 Å². The van der Waals surface area contributed by atoms with E-state index in [0.29, 0.717) is 0 Å². The number of methoxy groups -OCH3 is 1. The molecule has 1 atom stereocenters. The van der Waals surface area contributed by atoms with Gasteiger partial charge in [-0.05, 0) is 28.9 Å². The van der Waals surface area contributed by atoms with Crippen molar-refractivity contribution in [3.05, 3.63) is 20.8 Å². The minimum absolute atomic E-state index is 0.172. The maximum Gasteiger partial charge on any atom is 0.319 e. The van der Waals surface area contributed by atoms with Crippen molar-refractivity contribution in [1.29, 1.82) is 0 Å². The first kappa shape index (κ1) is 11.7. The predicted octanol–water partition coefficient (Wildman–Crippen LogP) is 2.33. The van der Waals surface area contributed by atoms with Crippen LogP contribution < -0.4 is 5.32 Å². The lowest BCUT2D eigenvalue weighted by atomic mass is 10.3. The van der Waals surface area contributed by atoms with Crippen molar-refractivity contribution in [1.82, 2.24) is 5.32 Å². The summed E-state index contributed by atoms with van der Waals surface area (Å²) >= 11 is 5.04. The Hall–Kier alpha value is -0.390. The summed E-state index contributed by atoms with van der Waals surface area (Å²) in [6, 6.07) is 2.21. The highest BCUT2D eigenvalue weighted by Crippen LogP contribution is 2.24. The van der Waals surface area contributed by atoms with Gasteiger partial charge in [-0.3, -0.25) is 10.1 Å². The monoisotopic (exact) mass is 277 g/mol. The maximum atomic E-state index is 10.9. The van der Waals surface area contributed by atoms with Crippen LogP contribution in [0.1, 0.15) is 17.8 Å². The molecule has 3 nitrogen and oxygen atoms in total. The Bertz CT molecular complexity index is 314. The molecule has 1 aromatic rings. The lowest BCUT2D eigenvalue weighted by molar-refractivity contribution is -0.139. The molecule has 1 heterocycles. The molecule has 14 heavy (non-hydrogen) atoms. The van der Waals surface area contributed by atoms with Gasteiger partial charge in [-0.15, -0.1) is 11.3 Å². The van der Waals surface area contributed by atoms with Gasteiger partial charge in [-0.2, -0.15) is 0 Å². The fraction of sp³-hybridized carbons (Fsp3) is 0.444. The molecule has 5 heteroatoms. The quantitative estimate of drug-likeness (QED) is 0.859. The number of halogens is 1. The van der Waals surface area contributed by atoms with Crippen molar-refractivity contribution in [2.75, 3.05) is 13.7 Å². The molecule has 78 valence electrons. The van der Waals surface area contributed by atoms with E-state index in [-0.39, 0.29) is 18.6 Å². The van der Waals surface area contributed by atoms with Crippen LogP contribution in [0.4, 0.5) is 0 Å². The summed E-state index contributed by atoms with van der Waals surface area (Å²) < 4.78 is 5.61. The first-order chi connectivity index (χ1) is 6.63. The summed E-state index contributed by atoms with van der Waals surface area (Å²) in [7, 11) is 1.39. The number of thiophene rings is 1. The normalized spacial score (nSPS) is 12.5. The molecule has 0 aliphatic heterocycles. The van der Waals surface area contributed by atoms with E-state index >= 15 is 0 Å². The second-order valence-electron chi connectivity index (χ2n) is 2.85. The van der Waals surface area contributed by atoms with E-state index in [1.54, 1.807) is 11.3 Å². The molecule has 0 spiro atoms. The largest absolute Gasteiger partial charge is 0.468 e. The molecule has 0 saturated heterocycles. The van der Waals surface area contributed by atoms with Crippen LogP contribution in [0.5, 0.6) is 0 Å². The van der Waals surface area contributed by atoms with Gasteiger partial charge < -0.3 is 4.74 Å². The second-order valence-corrected chi connectivity index (χ2v) is 4.70. The number of rotatable bonds is 4. The Morgan fingerprint density at radius 2 is 2.50 bits per heavy atom. The molecule has 1 N–H and O–H groups in total. The van der Waals surface area contributed by atoms with Gasteiger partial charge >= 0.3 is 5.97 Å².